The van der Waals surface area contributed by atoms with Crippen LogP contribution in [0, 0.1) is 0 Å². The van der Waals surface area contributed by atoms with Crippen LogP contribution in [0.5, 0.6) is 11.5 Å². The molecule has 0 aliphatic carbocycles. The van der Waals surface area contributed by atoms with Crippen molar-refractivity contribution in [2.24, 2.45) is 10.2 Å². The molecule has 202 valence electrons. The van der Waals surface area contributed by atoms with Gasteiger partial charge in [0.15, 0.2) is 0 Å². The van der Waals surface area contributed by atoms with E-state index in [2.05, 4.69) is 52.9 Å². The third-order valence-electron chi connectivity index (χ3n) is 5.62. The first-order valence-corrected chi connectivity index (χ1v) is 15.1. The summed E-state index contributed by atoms with van der Waals surface area (Å²) in [5, 5.41) is 13.9. The van der Waals surface area contributed by atoms with Crippen LogP contribution >= 0.6 is 54.5 Å². The highest BCUT2D eigenvalue weighted by molar-refractivity contribution is 9.10. The van der Waals surface area contributed by atoms with Crippen molar-refractivity contribution in [2.45, 2.75) is 0 Å². The summed E-state index contributed by atoms with van der Waals surface area (Å²) in [6, 6.07) is 19.5. The first-order chi connectivity index (χ1) is 19.6. The lowest BCUT2D eigenvalue weighted by Crippen LogP contribution is -1.95. The molecular formula is C28H22Br2N6O2S2. The van der Waals surface area contributed by atoms with Gasteiger partial charge in [-0.1, -0.05) is 68.3 Å². The number of aromatic nitrogens is 2. The summed E-state index contributed by atoms with van der Waals surface area (Å²) >= 11 is 9.95. The Bertz CT molecular complexity index is 1570. The fourth-order valence-electron chi connectivity index (χ4n) is 3.67. The van der Waals surface area contributed by atoms with Crippen LogP contribution in [0.1, 0.15) is 11.1 Å². The van der Waals surface area contributed by atoms with Crippen molar-refractivity contribution in [3.05, 3.63) is 91.5 Å². The summed E-state index contributed by atoms with van der Waals surface area (Å²) in [4.78, 5) is 9.45. The van der Waals surface area contributed by atoms with Gasteiger partial charge in [0.05, 0.1) is 38.0 Å². The highest BCUT2D eigenvalue weighted by Gasteiger charge is 2.18. The Morgan fingerprint density at radius 1 is 0.700 bits per heavy atom. The number of thiazole rings is 2. The Labute approximate surface area is 256 Å². The maximum atomic E-state index is 5.68. The maximum Gasteiger partial charge on any atom is 0.203 e. The van der Waals surface area contributed by atoms with E-state index in [0.717, 1.165) is 42.6 Å². The number of hydrogen-bond acceptors (Lipinski definition) is 10. The van der Waals surface area contributed by atoms with Crippen molar-refractivity contribution in [2.75, 3.05) is 25.1 Å². The Kier molecular flexibility index (Phi) is 9.22. The predicted octanol–water partition coefficient (Wildman–Crippen LogP) is 8.37. The lowest BCUT2D eigenvalue weighted by molar-refractivity contribution is 0.396. The monoisotopic (exact) mass is 696 g/mol. The van der Waals surface area contributed by atoms with E-state index in [1.165, 1.54) is 22.7 Å². The summed E-state index contributed by atoms with van der Waals surface area (Å²) in [6.45, 7) is 0. The second-order valence-electron chi connectivity index (χ2n) is 8.11. The molecule has 3 aromatic carbocycles. The third kappa shape index (κ3) is 6.58. The van der Waals surface area contributed by atoms with Crippen molar-refractivity contribution < 1.29 is 9.47 Å². The predicted molar refractivity (Wildman–Crippen MR) is 172 cm³/mol. The van der Waals surface area contributed by atoms with E-state index in [0.29, 0.717) is 21.8 Å². The number of nitrogens with one attached hydrogen (secondary N) is 2. The van der Waals surface area contributed by atoms with Crippen LogP contribution in [0.3, 0.4) is 0 Å². The van der Waals surface area contributed by atoms with Gasteiger partial charge < -0.3 is 9.47 Å². The average molecular weight is 698 g/mol. The topological polar surface area (TPSA) is 93.0 Å². The zero-order chi connectivity index (χ0) is 27.9. The Balaban J connectivity index is 1.37. The smallest absolute Gasteiger partial charge is 0.203 e. The van der Waals surface area contributed by atoms with Crippen LogP contribution < -0.4 is 20.3 Å². The van der Waals surface area contributed by atoms with Crippen molar-refractivity contribution in [3.8, 4) is 34.0 Å². The van der Waals surface area contributed by atoms with Crippen molar-refractivity contribution in [3.63, 3.8) is 0 Å². The lowest BCUT2D eigenvalue weighted by atomic mass is 10.0. The largest absolute Gasteiger partial charge is 0.496 e. The number of hydrogen-bond donors (Lipinski definition) is 2. The van der Waals surface area contributed by atoms with Crippen LogP contribution in [-0.2, 0) is 0 Å². The number of benzene rings is 3. The molecule has 0 unspecified atom stereocenters. The van der Waals surface area contributed by atoms with Crippen molar-refractivity contribution in [1.29, 1.82) is 0 Å². The minimum absolute atomic E-state index is 0.640. The summed E-state index contributed by atoms with van der Waals surface area (Å²) in [5.41, 5.74) is 11.1. The molecule has 0 atom stereocenters. The molecule has 0 bridgehead atoms. The molecule has 0 fully saturated rings. The van der Waals surface area contributed by atoms with Gasteiger partial charge in [-0.3, -0.25) is 10.9 Å². The average Bonchev–Trinajstić information content (AvgIpc) is 3.64. The molecule has 12 heteroatoms. The van der Waals surface area contributed by atoms with Crippen LogP contribution in [0.25, 0.3) is 22.5 Å². The number of hydrazone groups is 2. The Morgan fingerprint density at radius 2 is 1.15 bits per heavy atom. The number of ether oxygens (including phenoxy) is 2. The minimum atomic E-state index is 0.640. The van der Waals surface area contributed by atoms with Crippen LogP contribution in [-0.4, -0.2) is 36.6 Å². The second-order valence-corrected chi connectivity index (χ2v) is 11.5. The number of halogens is 2. The molecule has 5 rings (SSSR count). The van der Waals surface area contributed by atoms with Crippen molar-refractivity contribution >= 4 is 77.2 Å². The van der Waals surface area contributed by atoms with E-state index in [-0.39, 0.29) is 0 Å². The molecule has 2 aromatic heterocycles. The standard InChI is InChI=1S/C28H22Br2N6O2S2/c1-37-25-12-26(38-2)20(24-16-40-28(34-24)36-32-14-18-8-4-6-10-22(18)30)11-19(25)23-15-39-27(33-23)35-31-13-17-7-3-5-9-21(17)29/h3-16H,1-2H3,(H,33,35)(H,34,36). The second kappa shape index (κ2) is 13.2. The molecule has 5 aromatic rings. The summed E-state index contributed by atoms with van der Waals surface area (Å²) in [6.07, 6.45) is 3.49. The molecule has 8 nitrogen and oxygen atoms in total. The molecule has 0 aliphatic heterocycles. The van der Waals surface area contributed by atoms with Crippen LogP contribution in [0.15, 0.2) is 90.6 Å². The number of rotatable bonds is 10. The first kappa shape index (κ1) is 28.0. The molecule has 0 spiro atoms. The molecule has 0 saturated carbocycles. The van der Waals surface area contributed by atoms with Gasteiger partial charge in [0.1, 0.15) is 11.5 Å². The maximum absolute atomic E-state index is 5.68. The highest BCUT2D eigenvalue weighted by Crippen LogP contribution is 2.42. The molecule has 0 radical (unpaired) electrons. The van der Waals surface area contributed by atoms with E-state index in [1.54, 1.807) is 26.6 Å². The van der Waals surface area contributed by atoms with Gasteiger partial charge in [-0.05, 0) is 18.2 Å². The van der Waals surface area contributed by atoms with Gasteiger partial charge in [0.25, 0.3) is 0 Å². The summed E-state index contributed by atoms with van der Waals surface area (Å²) < 4.78 is 13.3. The zero-order valence-corrected chi connectivity index (χ0v) is 26.1. The van der Waals surface area contributed by atoms with Crippen molar-refractivity contribution in [1.82, 2.24) is 9.97 Å². The van der Waals surface area contributed by atoms with E-state index >= 15 is 0 Å². The molecular weight excluding hydrogens is 676 g/mol. The highest BCUT2D eigenvalue weighted by atomic mass is 79.9. The molecule has 0 amide bonds. The first-order valence-electron chi connectivity index (χ1n) is 11.8. The van der Waals surface area contributed by atoms with Gasteiger partial charge in [0.2, 0.25) is 10.3 Å². The molecule has 0 saturated heterocycles. The lowest BCUT2D eigenvalue weighted by Gasteiger charge is -2.13. The quantitative estimate of drug-likeness (QED) is 0.113. The third-order valence-corrected chi connectivity index (χ3v) is 8.56. The van der Waals surface area contributed by atoms with E-state index in [9.17, 15) is 0 Å². The summed E-state index contributed by atoms with van der Waals surface area (Å²) in [5.74, 6) is 1.28. The summed E-state index contributed by atoms with van der Waals surface area (Å²) in [7, 11) is 3.25. The van der Waals surface area contributed by atoms with Gasteiger partial charge in [-0.15, -0.1) is 22.7 Å². The van der Waals surface area contributed by atoms with Gasteiger partial charge in [-0.25, -0.2) is 9.97 Å². The van der Waals surface area contributed by atoms with Gasteiger partial charge >= 0.3 is 0 Å². The van der Waals surface area contributed by atoms with E-state index < -0.39 is 0 Å². The number of anilines is 2. The molecule has 2 N–H and O–H groups in total. The number of methoxy groups -OCH3 is 2. The minimum Gasteiger partial charge on any atom is -0.496 e. The fourth-order valence-corrected chi connectivity index (χ4v) is 5.76. The zero-order valence-electron chi connectivity index (χ0n) is 21.3. The number of nitrogens with zero attached hydrogens (tertiary/aromatic N) is 4. The molecule has 0 aliphatic rings. The van der Waals surface area contributed by atoms with E-state index in [4.69, 9.17) is 19.4 Å². The fraction of sp³-hybridized carbons (Fsp3) is 0.0714. The van der Waals surface area contributed by atoms with E-state index in [1.807, 2.05) is 71.4 Å². The van der Waals surface area contributed by atoms with Crippen LogP contribution in [0.2, 0.25) is 0 Å². The molecule has 2 heterocycles. The molecule has 40 heavy (non-hydrogen) atoms. The Morgan fingerprint density at radius 3 is 1.57 bits per heavy atom. The Hall–Kier alpha value is -3.58. The SMILES string of the molecule is COc1cc(OC)c(-c2csc(NN=Cc3ccccc3Br)n2)cc1-c1csc(NN=Cc2ccccc2Br)n1. The van der Waals surface area contributed by atoms with Gasteiger partial charge in [0, 0.05) is 48.0 Å². The van der Waals surface area contributed by atoms with Crippen LogP contribution in [0.4, 0.5) is 10.3 Å². The van der Waals surface area contributed by atoms with Gasteiger partial charge in [-0.2, -0.15) is 10.2 Å². The normalized spacial score (nSPS) is 11.3.